The van der Waals surface area contributed by atoms with E-state index in [0.717, 1.165) is 13.0 Å². The van der Waals surface area contributed by atoms with Gasteiger partial charge in [-0.25, -0.2) is 4.98 Å². The van der Waals surface area contributed by atoms with Crippen LogP contribution >= 0.6 is 11.8 Å². The molecule has 0 radical (unpaired) electrons. The van der Waals surface area contributed by atoms with E-state index < -0.39 is 0 Å². The molecular formula is C9H16N4OS. The van der Waals surface area contributed by atoms with Gasteiger partial charge in [-0.05, 0) is 12.7 Å². The number of anilines is 2. The minimum atomic E-state index is -0.301. The van der Waals surface area contributed by atoms with Crippen LogP contribution in [0.1, 0.15) is 13.3 Å². The molecule has 6 heteroatoms. The normalized spacial score (nSPS) is 12.4. The van der Waals surface area contributed by atoms with Crippen molar-refractivity contribution >= 4 is 23.3 Å². The summed E-state index contributed by atoms with van der Waals surface area (Å²) in [5.74, 6) is 0.465. The van der Waals surface area contributed by atoms with Gasteiger partial charge in [-0.1, -0.05) is 6.92 Å². The molecule has 1 aromatic rings. The molecule has 0 saturated carbocycles. The minimum Gasteiger partial charge on any atom is -0.391 e. The molecule has 1 heterocycles. The summed E-state index contributed by atoms with van der Waals surface area (Å²) < 4.78 is 0. The van der Waals surface area contributed by atoms with E-state index in [1.54, 1.807) is 0 Å². The standard InChI is InChI=1S/C9H16N4OS/c1-6(15-2)3-4-11-8-7(10)9(14)13-5-12-8/h5-6H,3-4,10H2,1-2H3,(H2,11,12,13,14). The lowest BCUT2D eigenvalue weighted by atomic mass is 10.3. The van der Waals surface area contributed by atoms with Gasteiger partial charge in [0.2, 0.25) is 0 Å². The fraction of sp³-hybridized carbons (Fsp3) is 0.556. The van der Waals surface area contributed by atoms with E-state index in [0.29, 0.717) is 11.1 Å². The molecule has 0 fully saturated rings. The highest BCUT2D eigenvalue weighted by atomic mass is 32.2. The van der Waals surface area contributed by atoms with E-state index in [1.807, 2.05) is 11.8 Å². The molecular weight excluding hydrogens is 212 g/mol. The highest BCUT2D eigenvalue weighted by Crippen LogP contribution is 2.11. The molecule has 1 unspecified atom stereocenters. The molecule has 5 nitrogen and oxygen atoms in total. The van der Waals surface area contributed by atoms with Crippen LogP contribution in [0.15, 0.2) is 11.1 Å². The number of nitrogens with zero attached hydrogens (tertiary/aromatic N) is 1. The zero-order chi connectivity index (χ0) is 11.3. The predicted octanol–water partition coefficient (Wildman–Crippen LogP) is 0.906. The highest BCUT2D eigenvalue weighted by molar-refractivity contribution is 7.99. The number of rotatable bonds is 5. The Morgan fingerprint density at radius 3 is 3.13 bits per heavy atom. The topological polar surface area (TPSA) is 83.8 Å². The lowest BCUT2D eigenvalue weighted by Crippen LogP contribution is -2.17. The van der Waals surface area contributed by atoms with Crippen molar-refractivity contribution in [2.24, 2.45) is 0 Å². The molecule has 0 bridgehead atoms. The molecule has 0 amide bonds. The fourth-order valence-corrected chi connectivity index (χ4v) is 1.42. The quantitative estimate of drug-likeness (QED) is 0.697. The van der Waals surface area contributed by atoms with Gasteiger partial charge in [-0.2, -0.15) is 11.8 Å². The maximum Gasteiger partial charge on any atom is 0.276 e. The van der Waals surface area contributed by atoms with E-state index in [4.69, 9.17) is 5.73 Å². The van der Waals surface area contributed by atoms with Crippen LogP contribution in [0.2, 0.25) is 0 Å². The maximum absolute atomic E-state index is 11.1. The Morgan fingerprint density at radius 1 is 1.73 bits per heavy atom. The molecule has 0 aliphatic heterocycles. The summed E-state index contributed by atoms with van der Waals surface area (Å²) in [6, 6.07) is 0. The highest BCUT2D eigenvalue weighted by Gasteiger charge is 2.04. The first-order chi connectivity index (χ1) is 7.15. The Hall–Kier alpha value is -1.17. The molecule has 1 atom stereocenters. The summed E-state index contributed by atoms with van der Waals surface area (Å²) in [6.07, 6.45) is 4.43. The van der Waals surface area contributed by atoms with Crippen LogP contribution in [-0.4, -0.2) is 28.0 Å². The number of thioether (sulfide) groups is 1. The first kappa shape index (κ1) is 11.9. The van der Waals surface area contributed by atoms with Crippen LogP contribution in [-0.2, 0) is 0 Å². The van der Waals surface area contributed by atoms with Gasteiger partial charge >= 0.3 is 0 Å². The van der Waals surface area contributed by atoms with Gasteiger partial charge in [0.25, 0.3) is 5.56 Å². The smallest absolute Gasteiger partial charge is 0.276 e. The second-order valence-electron chi connectivity index (χ2n) is 3.26. The Labute approximate surface area is 92.9 Å². The summed E-state index contributed by atoms with van der Waals surface area (Å²) in [4.78, 5) is 17.5. The third-order valence-corrected chi connectivity index (χ3v) is 3.18. The van der Waals surface area contributed by atoms with Crippen LogP contribution in [0.5, 0.6) is 0 Å². The number of aromatic nitrogens is 2. The number of aromatic amines is 1. The Morgan fingerprint density at radius 2 is 2.47 bits per heavy atom. The summed E-state index contributed by atoms with van der Waals surface area (Å²) in [7, 11) is 0. The van der Waals surface area contributed by atoms with Crippen molar-refractivity contribution in [1.29, 1.82) is 0 Å². The first-order valence-corrected chi connectivity index (χ1v) is 6.03. The van der Waals surface area contributed by atoms with Crippen molar-refractivity contribution in [3.8, 4) is 0 Å². The van der Waals surface area contributed by atoms with Crippen LogP contribution in [0.25, 0.3) is 0 Å². The molecule has 0 aromatic carbocycles. The van der Waals surface area contributed by atoms with Crippen molar-refractivity contribution in [3.05, 3.63) is 16.7 Å². The molecule has 0 saturated heterocycles. The SMILES string of the molecule is CSC(C)CCNc1nc[nH]c(=O)c1N. The molecule has 0 aliphatic carbocycles. The van der Waals surface area contributed by atoms with Crippen molar-refractivity contribution < 1.29 is 0 Å². The van der Waals surface area contributed by atoms with Gasteiger partial charge in [0.15, 0.2) is 5.82 Å². The lowest BCUT2D eigenvalue weighted by Gasteiger charge is -2.10. The summed E-state index contributed by atoms with van der Waals surface area (Å²) in [5, 5.41) is 3.63. The molecule has 0 spiro atoms. The van der Waals surface area contributed by atoms with Crippen LogP contribution < -0.4 is 16.6 Å². The zero-order valence-electron chi connectivity index (χ0n) is 8.91. The van der Waals surface area contributed by atoms with Gasteiger partial charge < -0.3 is 16.0 Å². The van der Waals surface area contributed by atoms with Crippen LogP contribution in [0.3, 0.4) is 0 Å². The van der Waals surface area contributed by atoms with Gasteiger partial charge in [0.05, 0.1) is 6.33 Å². The predicted molar refractivity (Wildman–Crippen MR) is 65.4 cm³/mol. The number of nitrogens with two attached hydrogens (primary N) is 1. The minimum absolute atomic E-state index is 0.148. The Kier molecular flexibility index (Phi) is 4.48. The van der Waals surface area contributed by atoms with E-state index in [-0.39, 0.29) is 11.2 Å². The van der Waals surface area contributed by atoms with E-state index in [2.05, 4.69) is 28.5 Å². The van der Waals surface area contributed by atoms with Crippen molar-refractivity contribution in [2.75, 3.05) is 23.9 Å². The molecule has 0 aliphatic rings. The van der Waals surface area contributed by atoms with Gasteiger partial charge in [0, 0.05) is 11.8 Å². The van der Waals surface area contributed by atoms with E-state index >= 15 is 0 Å². The van der Waals surface area contributed by atoms with Crippen LogP contribution in [0.4, 0.5) is 11.5 Å². The number of nitrogens with one attached hydrogen (secondary N) is 2. The molecule has 4 N–H and O–H groups in total. The van der Waals surface area contributed by atoms with Crippen molar-refractivity contribution in [3.63, 3.8) is 0 Å². The average molecular weight is 228 g/mol. The molecule has 1 rings (SSSR count). The number of H-pyrrole nitrogens is 1. The van der Waals surface area contributed by atoms with Crippen LogP contribution in [0, 0.1) is 0 Å². The summed E-state index contributed by atoms with van der Waals surface area (Å²) >= 11 is 1.81. The largest absolute Gasteiger partial charge is 0.391 e. The lowest BCUT2D eigenvalue weighted by molar-refractivity contribution is 0.849. The summed E-state index contributed by atoms with van der Waals surface area (Å²) in [5.41, 5.74) is 5.40. The Bertz CT molecular complexity index is 365. The Balaban J connectivity index is 2.51. The van der Waals surface area contributed by atoms with Gasteiger partial charge in [-0.15, -0.1) is 0 Å². The third kappa shape index (κ3) is 3.47. The number of nitrogen functional groups attached to an aromatic ring is 1. The second-order valence-corrected chi connectivity index (χ2v) is 4.53. The first-order valence-electron chi connectivity index (χ1n) is 4.75. The zero-order valence-corrected chi connectivity index (χ0v) is 9.73. The average Bonchev–Trinajstić information content (AvgIpc) is 2.24. The number of hydrogen-bond donors (Lipinski definition) is 3. The fourth-order valence-electron chi connectivity index (χ4n) is 1.06. The van der Waals surface area contributed by atoms with Crippen molar-refractivity contribution in [1.82, 2.24) is 9.97 Å². The number of hydrogen-bond acceptors (Lipinski definition) is 5. The van der Waals surface area contributed by atoms with Gasteiger partial charge in [0.1, 0.15) is 5.69 Å². The summed E-state index contributed by atoms with van der Waals surface area (Å²) in [6.45, 7) is 2.92. The second kappa shape index (κ2) is 5.65. The molecule has 84 valence electrons. The monoisotopic (exact) mass is 228 g/mol. The van der Waals surface area contributed by atoms with Gasteiger partial charge in [-0.3, -0.25) is 4.79 Å². The maximum atomic E-state index is 11.1. The van der Waals surface area contributed by atoms with E-state index in [9.17, 15) is 4.79 Å². The van der Waals surface area contributed by atoms with E-state index in [1.165, 1.54) is 6.33 Å². The molecule has 15 heavy (non-hydrogen) atoms. The molecule has 1 aromatic heterocycles. The third-order valence-electron chi connectivity index (χ3n) is 2.13. The van der Waals surface area contributed by atoms with Crippen molar-refractivity contribution in [2.45, 2.75) is 18.6 Å².